The van der Waals surface area contributed by atoms with Crippen molar-refractivity contribution >= 4 is 40.6 Å². The molecule has 0 aromatic heterocycles. The number of hydrogen-bond acceptors (Lipinski definition) is 3. The monoisotopic (exact) mass is 307 g/mol. The standard InChI is InChI=1S/C11H12Cl2FN3O2/c1-2-6(10(15)17-19)11(18)16-5-3-7(12)9(14)8(13)4-5/h3-4,6,19H,2H2,1H3,(H2,15,17)(H,16,18). The number of amidine groups is 1. The molecule has 0 heterocycles. The van der Waals surface area contributed by atoms with Crippen LogP contribution >= 0.6 is 23.2 Å². The highest BCUT2D eigenvalue weighted by Gasteiger charge is 2.21. The van der Waals surface area contributed by atoms with Crippen LogP contribution in [0.2, 0.25) is 10.0 Å². The van der Waals surface area contributed by atoms with Crippen molar-refractivity contribution < 1.29 is 14.4 Å². The Morgan fingerprint density at radius 3 is 2.47 bits per heavy atom. The van der Waals surface area contributed by atoms with E-state index in [0.717, 1.165) is 0 Å². The van der Waals surface area contributed by atoms with Crippen molar-refractivity contribution in [2.75, 3.05) is 5.32 Å². The number of carbonyl (C=O) groups is 1. The first-order valence-electron chi connectivity index (χ1n) is 5.33. The third-order valence-electron chi connectivity index (χ3n) is 2.45. The van der Waals surface area contributed by atoms with Crippen molar-refractivity contribution in [3.8, 4) is 0 Å². The number of halogens is 3. The zero-order chi connectivity index (χ0) is 14.6. The molecule has 0 aliphatic heterocycles. The second kappa shape index (κ2) is 6.58. The quantitative estimate of drug-likeness (QED) is 0.263. The van der Waals surface area contributed by atoms with Crippen LogP contribution in [0.4, 0.5) is 10.1 Å². The fourth-order valence-corrected chi connectivity index (χ4v) is 1.94. The SMILES string of the molecule is CCC(C(=O)Nc1cc(Cl)c(F)c(Cl)c1)/C(N)=N/O. The fourth-order valence-electron chi connectivity index (χ4n) is 1.46. The lowest BCUT2D eigenvalue weighted by atomic mass is 10.0. The number of hydrogen-bond donors (Lipinski definition) is 3. The molecule has 1 rings (SSSR count). The Kier molecular flexibility index (Phi) is 5.38. The molecule has 104 valence electrons. The van der Waals surface area contributed by atoms with E-state index in [4.69, 9.17) is 34.1 Å². The largest absolute Gasteiger partial charge is 0.409 e. The van der Waals surface area contributed by atoms with E-state index in [1.54, 1.807) is 6.92 Å². The smallest absolute Gasteiger partial charge is 0.235 e. The maximum Gasteiger partial charge on any atom is 0.235 e. The maximum absolute atomic E-state index is 13.2. The van der Waals surface area contributed by atoms with Gasteiger partial charge in [0, 0.05) is 5.69 Å². The first kappa shape index (κ1) is 15.5. The van der Waals surface area contributed by atoms with Crippen LogP contribution in [0.3, 0.4) is 0 Å². The number of carbonyl (C=O) groups excluding carboxylic acids is 1. The summed E-state index contributed by atoms with van der Waals surface area (Å²) in [6, 6.07) is 2.44. The summed E-state index contributed by atoms with van der Waals surface area (Å²) in [7, 11) is 0. The summed E-state index contributed by atoms with van der Waals surface area (Å²) in [6.45, 7) is 1.70. The Morgan fingerprint density at radius 1 is 1.53 bits per heavy atom. The lowest BCUT2D eigenvalue weighted by molar-refractivity contribution is -0.118. The number of nitrogens with two attached hydrogens (primary N) is 1. The Morgan fingerprint density at radius 2 is 2.05 bits per heavy atom. The first-order chi connectivity index (χ1) is 8.90. The molecule has 0 aliphatic carbocycles. The Labute approximate surface area is 119 Å². The highest BCUT2D eigenvalue weighted by atomic mass is 35.5. The Hall–Kier alpha value is -1.53. The van der Waals surface area contributed by atoms with Crippen LogP contribution < -0.4 is 11.1 Å². The van der Waals surface area contributed by atoms with E-state index >= 15 is 0 Å². The van der Waals surface area contributed by atoms with Gasteiger partial charge in [-0.1, -0.05) is 35.3 Å². The molecule has 0 aliphatic rings. The molecule has 1 amide bonds. The van der Waals surface area contributed by atoms with Crippen molar-refractivity contribution in [3.05, 3.63) is 28.0 Å². The number of nitrogens with zero attached hydrogens (tertiary/aromatic N) is 1. The summed E-state index contributed by atoms with van der Waals surface area (Å²) in [5.41, 5.74) is 5.62. The van der Waals surface area contributed by atoms with Gasteiger partial charge in [0.2, 0.25) is 5.91 Å². The van der Waals surface area contributed by atoms with E-state index < -0.39 is 17.6 Å². The summed E-state index contributed by atoms with van der Waals surface area (Å²) in [5, 5.41) is 13.4. The van der Waals surface area contributed by atoms with Crippen LogP contribution in [0.15, 0.2) is 17.3 Å². The average Bonchev–Trinajstić information content (AvgIpc) is 2.36. The lowest BCUT2D eigenvalue weighted by Gasteiger charge is -2.14. The van der Waals surface area contributed by atoms with Crippen molar-refractivity contribution in [3.63, 3.8) is 0 Å². The minimum absolute atomic E-state index is 0.209. The van der Waals surface area contributed by atoms with Crippen molar-refractivity contribution in [2.24, 2.45) is 16.8 Å². The van der Waals surface area contributed by atoms with E-state index in [9.17, 15) is 9.18 Å². The maximum atomic E-state index is 13.2. The first-order valence-corrected chi connectivity index (χ1v) is 6.09. The molecule has 19 heavy (non-hydrogen) atoms. The summed E-state index contributed by atoms with van der Waals surface area (Å²) in [5.74, 6) is -2.27. The fraction of sp³-hybridized carbons (Fsp3) is 0.273. The van der Waals surface area contributed by atoms with E-state index in [2.05, 4.69) is 10.5 Å². The van der Waals surface area contributed by atoms with Gasteiger partial charge in [-0.25, -0.2) is 4.39 Å². The van der Waals surface area contributed by atoms with Gasteiger partial charge in [-0.15, -0.1) is 0 Å². The molecule has 0 bridgehead atoms. The molecular weight excluding hydrogens is 296 g/mol. The third kappa shape index (κ3) is 3.71. The topological polar surface area (TPSA) is 87.7 Å². The molecule has 4 N–H and O–H groups in total. The van der Waals surface area contributed by atoms with E-state index in [0.29, 0.717) is 6.42 Å². The second-order valence-electron chi connectivity index (χ2n) is 3.73. The predicted molar refractivity (Wildman–Crippen MR) is 72.2 cm³/mol. The molecule has 1 unspecified atom stereocenters. The number of oxime groups is 1. The summed E-state index contributed by atoms with van der Waals surface area (Å²) in [6.07, 6.45) is 0.338. The van der Waals surface area contributed by atoms with E-state index in [-0.39, 0.29) is 21.6 Å². The van der Waals surface area contributed by atoms with Gasteiger partial charge in [0.1, 0.15) is 0 Å². The number of amides is 1. The molecule has 1 aromatic carbocycles. The van der Waals surface area contributed by atoms with Gasteiger partial charge in [0.05, 0.1) is 16.0 Å². The van der Waals surface area contributed by atoms with Crippen LogP contribution in [0.25, 0.3) is 0 Å². The van der Waals surface area contributed by atoms with Gasteiger partial charge < -0.3 is 16.3 Å². The minimum Gasteiger partial charge on any atom is -0.409 e. The number of rotatable bonds is 4. The molecule has 8 heteroatoms. The Balaban J connectivity index is 2.93. The molecule has 1 atom stereocenters. The van der Waals surface area contributed by atoms with Crippen LogP contribution in [-0.2, 0) is 4.79 Å². The van der Waals surface area contributed by atoms with Gasteiger partial charge in [-0.3, -0.25) is 4.79 Å². The molecule has 5 nitrogen and oxygen atoms in total. The molecule has 1 aromatic rings. The van der Waals surface area contributed by atoms with Gasteiger partial charge in [0.25, 0.3) is 0 Å². The van der Waals surface area contributed by atoms with Crippen molar-refractivity contribution in [1.82, 2.24) is 0 Å². The lowest BCUT2D eigenvalue weighted by Crippen LogP contribution is -2.34. The van der Waals surface area contributed by atoms with E-state index in [1.165, 1.54) is 12.1 Å². The highest BCUT2D eigenvalue weighted by molar-refractivity contribution is 6.35. The zero-order valence-corrected chi connectivity index (χ0v) is 11.5. The highest BCUT2D eigenvalue weighted by Crippen LogP contribution is 2.27. The zero-order valence-electron chi connectivity index (χ0n) is 9.95. The number of nitrogens with one attached hydrogen (secondary N) is 1. The van der Waals surface area contributed by atoms with Crippen LogP contribution in [0, 0.1) is 11.7 Å². The summed E-state index contributed by atoms with van der Waals surface area (Å²) < 4.78 is 13.2. The van der Waals surface area contributed by atoms with Gasteiger partial charge in [-0.2, -0.15) is 0 Å². The van der Waals surface area contributed by atoms with Crippen LogP contribution in [0.1, 0.15) is 13.3 Å². The van der Waals surface area contributed by atoms with Gasteiger partial charge >= 0.3 is 0 Å². The van der Waals surface area contributed by atoms with Crippen LogP contribution in [-0.4, -0.2) is 17.0 Å². The second-order valence-corrected chi connectivity index (χ2v) is 4.54. The van der Waals surface area contributed by atoms with Crippen LogP contribution in [0.5, 0.6) is 0 Å². The third-order valence-corrected chi connectivity index (χ3v) is 3.00. The molecular formula is C11H12Cl2FN3O2. The number of anilines is 1. The summed E-state index contributed by atoms with van der Waals surface area (Å²) >= 11 is 11.2. The Bertz CT molecular complexity index is 500. The normalized spacial score (nSPS) is 13.2. The van der Waals surface area contributed by atoms with Crippen molar-refractivity contribution in [1.29, 1.82) is 0 Å². The molecule has 0 saturated heterocycles. The average molecular weight is 308 g/mol. The predicted octanol–water partition coefficient (Wildman–Crippen LogP) is 2.84. The molecule has 0 spiro atoms. The molecule has 0 fully saturated rings. The van der Waals surface area contributed by atoms with Crippen molar-refractivity contribution in [2.45, 2.75) is 13.3 Å². The van der Waals surface area contributed by atoms with E-state index in [1.807, 2.05) is 0 Å². The molecule has 0 saturated carbocycles. The minimum atomic E-state index is -0.799. The van der Waals surface area contributed by atoms with Gasteiger partial charge in [-0.05, 0) is 18.6 Å². The summed E-state index contributed by atoms with van der Waals surface area (Å²) in [4.78, 5) is 11.9. The number of benzene rings is 1. The molecule has 0 radical (unpaired) electrons. The van der Waals surface area contributed by atoms with Gasteiger partial charge in [0.15, 0.2) is 11.7 Å².